The Balaban J connectivity index is 2.02. The molecule has 1 aliphatic heterocycles. The Hall–Kier alpha value is -0.830. The highest BCUT2D eigenvalue weighted by Gasteiger charge is 2.48. The van der Waals surface area contributed by atoms with E-state index in [1.165, 1.54) is 12.8 Å². The third kappa shape index (κ3) is 1.80. The normalized spacial score (nSPS) is 30.3. The molecule has 2 aliphatic rings. The van der Waals surface area contributed by atoms with Crippen LogP contribution in [0, 0.1) is 5.92 Å². The number of carbonyl (C=O) groups is 1. The topological polar surface area (TPSA) is 26.3 Å². The van der Waals surface area contributed by atoms with Crippen LogP contribution in [-0.4, -0.2) is 11.4 Å². The molecule has 1 spiro atoms. The molecule has 0 aromatic heterocycles. The van der Waals surface area contributed by atoms with Crippen LogP contribution in [0.25, 0.3) is 0 Å². The number of hydrogen-bond donors (Lipinski definition) is 0. The van der Waals surface area contributed by atoms with E-state index < -0.39 is 0 Å². The molecule has 1 fully saturated rings. The molecule has 1 aromatic rings. The lowest BCUT2D eigenvalue weighted by Crippen LogP contribution is -2.44. The van der Waals surface area contributed by atoms with Gasteiger partial charge < -0.3 is 4.74 Å². The predicted molar refractivity (Wildman–Crippen MR) is 74.1 cm³/mol. The SMILES string of the molecule is CCC1CCCC12CC(=O)c1ccc(Br)cc1O2. The summed E-state index contributed by atoms with van der Waals surface area (Å²) in [6.07, 6.45) is 5.03. The van der Waals surface area contributed by atoms with Gasteiger partial charge in [-0.05, 0) is 49.8 Å². The zero-order valence-electron chi connectivity index (χ0n) is 10.5. The van der Waals surface area contributed by atoms with Crippen molar-refractivity contribution in [1.82, 2.24) is 0 Å². The molecule has 0 N–H and O–H groups in total. The van der Waals surface area contributed by atoms with Gasteiger partial charge in [0.15, 0.2) is 5.78 Å². The third-order valence-corrected chi connectivity index (χ3v) is 4.90. The second-order valence-corrected chi connectivity index (χ2v) is 6.32. The highest BCUT2D eigenvalue weighted by molar-refractivity contribution is 9.10. The van der Waals surface area contributed by atoms with Crippen molar-refractivity contribution >= 4 is 21.7 Å². The van der Waals surface area contributed by atoms with Gasteiger partial charge in [-0.3, -0.25) is 4.79 Å². The van der Waals surface area contributed by atoms with Crippen LogP contribution < -0.4 is 4.74 Å². The van der Waals surface area contributed by atoms with Gasteiger partial charge in [0.05, 0.1) is 12.0 Å². The van der Waals surface area contributed by atoms with Gasteiger partial charge in [-0.25, -0.2) is 0 Å². The Morgan fingerprint density at radius 2 is 2.33 bits per heavy atom. The average Bonchev–Trinajstić information content (AvgIpc) is 2.70. The molecule has 0 radical (unpaired) electrons. The number of fused-ring (bicyclic) bond motifs is 1. The van der Waals surface area contributed by atoms with Crippen LogP contribution >= 0.6 is 15.9 Å². The summed E-state index contributed by atoms with van der Waals surface area (Å²) in [6.45, 7) is 2.20. The molecule has 0 amide bonds. The highest BCUT2D eigenvalue weighted by Crippen LogP contribution is 2.48. The van der Waals surface area contributed by atoms with Crippen LogP contribution in [0.3, 0.4) is 0 Å². The van der Waals surface area contributed by atoms with Gasteiger partial charge in [0, 0.05) is 4.47 Å². The predicted octanol–water partition coefficient (Wildman–Crippen LogP) is 4.36. The second kappa shape index (κ2) is 4.37. The smallest absolute Gasteiger partial charge is 0.170 e. The van der Waals surface area contributed by atoms with Crippen molar-refractivity contribution in [3.8, 4) is 5.75 Å². The summed E-state index contributed by atoms with van der Waals surface area (Å²) >= 11 is 3.45. The molecule has 2 nitrogen and oxygen atoms in total. The van der Waals surface area contributed by atoms with Gasteiger partial charge in [0.1, 0.15) is 11.4 Å². The minimum absolute atomic E-state index is 0.223. The van der Waals surface area contributed by atoms with E-state index in [1.807, 2.05) is 18.2 Å². The Bertz CT molecular complexity index is 497. The van der Waals surface area contributed by atoms with Gasteiger partial charge in [0.25, 0.3) is 0 Å². The summed E-state index contributed by atoms with van der Waals surface area (Å²) in [4.78, 5) is 12.3. The van der Waals surface area contributed by atoms with E-state index >= 15 is 0 Å². The zero-order chi connectivity index (χ0) is 12.8. The largest absolute Gasteiger partial charge is 0.486 e. The lowest BCUT2D eigenvalue weighted by atomic mass is 9.81. The molecule has 1 aliphatic carbocycles. The summed E-state index contributed by atoms with van der Waals surface area (Å²) in [7, 11) is 0. The van der Waals surface area contributed by atoms with Crippen molar-refractivity contribution in [1.29, 1.82) is 0 Å². The van der Waals surface area contributed by atoms with Crippen molar-refractivity contribution < 1.29 is 9.53 Å². The van der Waals surface area contributed by atoms with Crippen molar-refractivity contribution in [2.75, 3.05) is 0 Å². The Kier molecular flexibility index (Phi) is 2.97. The minimum atomic E-state index is -0.223. The van der Waals surface area contributed by atoms with Gasteiger partial charge in [-0.15, -0.1) is 0 Å². The maximum atomic E-state index is 12.3. The van der Waals surface area contributed by atoms with Crippen LogP contribution in [0.2, 0.25) is 0 Å². The van der Waals surface area contributed by atoms with Gasteiger partial charge in [0.2, 0.25) is 0 Å². The molecule has 2 unspecified atom stereocenters. The molecule has 96 valence electrons. The standard InChI is InChI=1S/C15H17BrO2/c1-2-10-4-3-7-15(10)9-13(17)12-6-5-11(16)8-14(12)18-15/h5-6,8,10H,2-4,7,9H2,1H3. The van der Waals surface area contributed by atoms with Crippen LogP contribution in [0.5, 0.6) is 5.75 Å². The van der Waals surface area contributed by atoms with Crippen molar-refractivity contribution in [2.24, 2.45) is 5.92 Å². The summed E-state index contributed by atoms with van der Waals surface area (Å²) in [6, 6.07) is 5.70. The van der Waals surface area contributed by atoms with Crippen molar-refractivity contribution in [3.63, 3.8) is 0 Å². The zero-order valence-corrected chi connectivity index (χ0v) is 12.1. The van der Waals surface area contributed by atoms with E-state index in [9.17, 15) is 4.79 Å². The quantitative estimate of drug-likeness (QED) is 0.770. The lowest BCUT2D eigenvalue weighted by molar-refractivity contribution is 0.0113. The Labute approximate surface area is 116 Å². The van der Waals surface area contributed by atoms with Crippen LogP contribution in [0.4, 0.5) is 0 Å². The number of hydrogen-bond acceptors (Lipinski definition) is 2. The molecule has 1 aromatic carbocycles. The van der Waals surface area contributed by atoms with Crippen molar-refractivity contribution in [3.05, 3.63) is 28.2 Å². The van der Waals surface area contributed by atoms with E-state index in [1.54, 1.807) is 0 Å². The fourth-order valence-electron chi connectivity index (χ4n) is 3.49. The monoisotopic (exact) mass is 308 g/mol. The molecule has 2 atom stereocenters. The Morgan fingerprint density at radius 3 is 3.11 bits per heavy atom. The molecule has 0 bridgehead atoms. The van der Waals surface area contributed by atoms with E-state index in [-0.39, 0.29) is 11.4 Å². The van der Waals surface area contributed by atoms with Gasteiger partial charge in [-0.1, -0.05) is 22.9 Å². The number of rotatable bonds is 1. The number of halogens is 1. The number of benzene rings is 1. The number of ether oxygens (including phenoxy) is 1. The molecule has 3 rings (SSSR count). The third-order valence-electron chi connectivity index (χ3n) is 4.41. The molecule has 1 saturated carbocycles. The van der Waals surface area contributed by atoms with Crippen LogP contribution in [0.1, 0.15) is 49.4 Å². The van der Waals surface area contributed by atoms with E-state index in [0.717, 1.165) is 28.6 Å². The molecule has 3 heteroatoms. The van der Waals surface area contributed by atoms with E-state index in [4.69, 9.17) is 4.74 Å². The van der Waals surface area contributed by atoms with Gasteiger partial charge >= 0.3 is 0 Å². The molecular formula is C15H17BrO2. The summed E-state index contributed by atoms with van der Waals surface area (Å²) in [5.74, 6) is 1.53. The number of ketones is 1. The fraction of sp³-hybridized carbons (Fsp3) is 0.533. The molecule has 1 heterocycles. The summed E-state index contributed by atoms with van der Waals surface area (Å²) < 4.78 is 7.25. The fourth-order valence-corrected chi connectivity index (χ4v) is 3.83. The van der Waals surface area contributed by atoms with E-state index in [2.05, 4.69) is 22.9 Å². The second-order valence-electron chi connectivity index (χ2n) is 5.40. The van der Waals surface area contributed by atoms with Gasteiger partial charge in [-0.2, -0.15) is 0 Å². The van der Waals surface area contributed by atoms with E-state index in [0.29, 0.717) is 12.3 Å². The maximum absolute atomic E-state index is 12.3. The molecule has 0 saturated heterocycles. The first kappa shape index (κ1) is 12.2. The van der Waals surface area contributed by atoms with Crippen LogP contribution in [-0.2, 0) is 0 Å². The lowest BCUT2D eigenvalue weighted by Gasteiger charge is -2.39. The first-order chi connectivity index (χ1) is 8.64. The average molecular weight is 309 g/mol. The molecular weight excluding hydrogens is 292 g/mol. The Morgan fingerprint density at radius 1 is 1.50 bits per heavy atom. The maximum Gasteiger partial charge on any atom is 0.170 e. The van der Waals surface area contributed by atoms with Crippen LogP contribution in [0.15, 0.2) is 22.7 Å². The highest BCUT2D eigenvalue weighted by atomic mass is 79.9. The first-order valence-corrected chi connectivity index (χ1v) is 7.46. The first-order valence-electron chi connectivity index (χ1n) is 6.66. The minimum Gasteiger partial charge on any atom is -0.486 e. The molecule has 18 heavy (non-hydrogen) atoms. The number of Topliss-reactive ketones (excluding diaryl/α,β-unsaturated/α-hetero) is 1. The number of carbonyl (C=O) groups excluding carboxylic acids is 1. The summed E-state index contributed by atoms with van der Waals surface area (Å²) in [5.41, 5.74) is 0.519. The van der Waals surface area contributed by atoms with Crippen molar-refractivity contribution in [2.45, 2.75) is 44.6 Å². The summed E-state index contributed by atoms with van der Waals surface area (Å²) in [5, 5.41) is 0.